The van der Waals surface area contributed by atoms with E-state index in [9.17, 15) is 13.6 Å². The van der Waals surface area contributed by atoms with E-state index >= 15 is 0 Å². The van der Waals surface area contributed by atoms with Crippen LogP contribution in [0.3, 0.4) is 0 Å². The summed E-state index contributed by atoms with van der Waals surface area (Å²) in [7, 11) is 0. The number of anilines is 2. The quantitative estimate of drug-likeness (QED) is 0.718. The zero-order valence-electron chi connectivity index (χ0n) is 14.6. The van der Waals surface area contributed by atoms with Gasteiger partial charge in [-0.25, -0.2) is 18.7 Å². The van der Waals surface area contributed by atoms with Gasteiger partial charge in [0.15, 0.2) is 0 Å². The van der Waals surface area contributed by atoms with Crippen molar-refractivity contribution in [2.75, 3.05) is 23.3 Å². The summed E-state index contributed by atoms with van der Waals surface area (Å²) in [6, 6.07) is 3.44. The summed E-state index contributed by atoms with van der Waals surface area (Å²) in [5.74, 6) is -1.45. The Morgan fingerprint density at radius 3 is 2.46 bits per heavy atom. The fourth-order valence-corrected chi connectivity index (χ4v) is 3.86. The average Bonchev–Trinajstić information content (AvgIpc) is 2.97. The molecule has 5 nitrogen and oxygen atoms in total. The Labute approximate surface area is 153 Å². The van der Waals surface area contributed by atoms with E-state index in [2.05, 4.69) is 20.2 Å². The summed E-state index contributed by atoms with van der Waals surface area (Å²) in [4.78, 5) is 24.3. The summed E-state index contributed by atoms with van der Waals surface area (Å²) in [5.41, 5.74) is 0.242. The molecule has 1 amide bonds. The second-order valence-corrected chi connectivity index (χ2v) is 6.66. The molecule has 0 aliphatic heterocycles. The Bertz CT molecular complexity index is 949. The summed E-state index contributed by atoms with van der Waals surface area (Å²) in [6.07, 6.45) is 1.46. The number of hydrogen-bond donors (Lipinski definition) is 1. The summed E-state index contributed by atoms with van der Waals surface area (Å²) >= 11 is 1.18. The van der Waals surface area contributed by atoms with E-state index in [-0.39, 0.29) is 0 Å². The fraction of sp³-hybridized carbons (Fsp3) is 0.278. The molecule has 0 aliphatic rings. The average molecular weight is 376 g/mol. The van der Waals surface area contributed by atoms with E-state index in [1.165, 1.54) is 23.7 Å². The lowest BCUT2D eigenvalue weighted by Crippen LogP contribution is -2.23. The van der Waals surface area contributed by atoms with Gasteiger partial charge in [0.05, 0.1) is 10.3 Å². The molecule has 26 heavy (non-hydrogen) atoms. The van der Waals surface area contributed by atoms with Crippen molar-refractivity contribution in [1.29, 1.82) is 0 Å². The topological polar surface area (TPSA) is 58.1 Å². The molecule has 2 aromatic heterocycles. The number of thiophene rings is 1. The normalized spacial score (nSPS) is 11.0. The number of carbonyl (C=O) groups excluding carboxylic acids is 1. The summed E-state index contributed by atoms with van der Waals surface area (Å²) in [5, 5.41) is 3.12. The highest BCUT2D eigenvalue weighted by atomic mass is 32.1. The van der Waals surface area contributed by atoms with Crippen molar-refractivity contribution >= 4 is 39.0 Å². The molecule has 3 aromatic rings. The molecule has 0 bridgehead atoms. The SMILES string of the molecule is CCN(CC)c1ncnc2sc(C(=O)Nc3c(F)cccc3F)c(C)c12. The van der Waals surface area contributed by atoms with Crippen LogP contribution in [0.2, 0.25) is 0 Å². The minimum absolute atomic E-state index is 0.358. The molecular formula is C18H18F2N4OS. The first-order valence-corrected chi connectivity index (χ1v) is 9.03. The highest BCUT2D eigenvalue weighted by Crippen LogP contribution is 2.35. The minimum atomic E-state index is -0.819. The second kappa shape index (κ2) is 7.33. The smallest absolute Gasteiger partial charge is 0.266 e. The number of nitrogens with zero attached hydrogens (tertiary/aromatic N) is 3. The predicted molar refractivity (Wildman–Crippen MR) is 100 cm³/mol. The van der Waals surface area contributed by atoms with Gasteiger partial charge in [-0.3, -0.25) is 4.79 Å². The molecule has 0 saturated heterocycles. The molecule has 0 saturated carbocycles. The van der Waals surface area contributed by atoms with Crippen molar-refractivity contribution in [3.63, 3.8) is 0 Å². The molecule has 1 N–H and O–H groups in total. The van der Waals surface area contributed by atoms with Gasteiger partial charge in [-0.05, 0) is 38.5 Å². The number of hydrogen-bond acceptors (Lipinski definition) is 5. The van der Waals surface area contributed by atoms with Crippen LogP contribution in [0.25, 0.3) is 10.2 Å². The molecule has 2 heterocycles. The van der Waals surface area contributed by atoms with Gasteiger partial charge in [0, 0.05) is 13.1 Å². The largest absolute Gasteiger partial charge is 0.357 e. The zero-order chi connectivity index (χ0) is 18.8. The van der Waals surface area contributed by atoms with E-state index in [0.29, 0.717) is 15.3 Å². The van der Waals surface area contributed by atoms with E-state index in [4.69, 9.17) is 0 Å². The number of benzene rings is 1. The van der Waals surface area contributed by atoms with Gasteiger partial charge in [0.25, 0.3) is 5.91 Å². The van der Waals surface area contributed by atoms with Gasteiger partial charge in [-0.1, -0.05) is 6.07 Å². The Kier molecular flexibility index (Phi) is 5.13. The summed E-state index contributed by atoms with van der Waals surface area (Å²) < 4.78 is 27.6. The Balaban J connectivity index is 2.05. The maximum absolute atomic E-state index is 13.8. The molecular weight excluding hydrogens is 358 g/mol. The van der Waals surface area contributed by atoms with Crippen molar-refractivity contribution in [2.24, 2.45) is 0 Å². The van der Waals surface area contributed by atoms with Gasteiger partial charge in [0.2, 0.25) is 0 Å². The van der Waals surface area contributed by atoms with E-state index in [1.807, 2.05) is 13.8 Å². The third kappa shape index (κ3) is 3.12. The van der Waals surface area contributed by atoms with Crippen LogP contribution in [0.1, 0.15) is 29.1 Å². The lowest BCUT2D eigenvalue weighted by molar-refractivity contribution is 0.102. The molecule has 0 spiro atoms. The monoisotopic (exact) mass is 376 g/mol. The maximum Gasteiger partial charge on any atom is 0.266 e. The third-order valence-electron chi connectivity index (χ3n) is 4.18. The van der Waals surface area contributed by atoms with Gasteiger partial charge in [0.1, 0.15) is 34.3 Å². The van der Waals surface area contributed by atoms with Crippen molar-refractivity contribution in [1.82, 2.24) is 9.97 Å². The Hall–Kier alpha value is -2.61. The number of amides is 1. The molecule has 0 radical (unpaired) electrons. The van der Waals surface area contributed by atoms with Crippen LogP contribution in [-0.2, 0) is 0 Å². The molecule has 8 heteroatoms. The van der Waals surface area contributed by atoms with Crippen molar-refractivity contribution in [2.45, 2.75) is 20.8 Å². The van der Waals surface area contributed by atoms with Gasteiger partial charge in [-0.2, -0.15) is 0 Å². The number of para-hydroxylation sites is 1. The van der Waals surface area contributed by atoms with Crippen LogP contribution in [0.15, 0.2) is 24.5 Å². The molecule has 3 rings (SSSR count). The number of carbonyl (C=O) groups is 1. The summed E-state index contributed by atoms with van der Waals surface area (Å²) in [6.45, 7) is 7.36. The zero-order valence-corrected chi connectivity index (χ0v) is 15.5. The van der Waals surface area contributed by atoms with Gasteiger partial charge >= 0.3 is 0 Å². The highest BCUT2D eigenvalue weighted by molar-refractivity contribution is 7.20. The second-order valence-electron chi connectivity index (χ2n) is 5.66. The van der Waals surface area contributed by atoms with E-state index in [1.54, 1.807) is 6.92 Å². The Morgan fingerprint density at radius 2 is 1.85 bits per heavy atom. The lowest BCUT2D eigenvalue weighted by Gasteiger charge is -2.20. The van der Waals surface area contributed by atoms with Gasteiger partial charge in [-0.15, -0.1) is 11.3 Å². The van der Waals surface area contributed by atoms with E-state index < -0.39 is 23.2 Å². The van der Waals surface area contributed by atoms with Crippen LogP contribution in [0, 0.1) is 18.6 Å². The highest BCUT2D eigenvalue weighted by Gasteiger charge is 2.22. The first kappa shape index (κ1) is 18.2. The lowest BCUT2D eigenvalue weighted by atomic mass is 10.2. The first-order chi connectivity index (χ1) is 12.5. The van der Waals surface area contributed by atoms with Crippen molar-refractivity contribution in [3.8, 4) is 0 Å². The molecule has 0 aliphatic carbocycles. The Morgan fingerprint density at radius 1 is 1.19 bits per heavy atom. The first-order valence-electron chi connectivity index (χ1n) is 8.22. The number of nitrogens with one attached hydrogen (secondary N) is 1. The predicted octanol–water partition coefficient (Wildman–Crippen LogP) is 4.38. The maximum atomic E-state index is 13.8. The van der Waals surface area contributed by atoms with Crippen molar-refractivity contribution < 1.29 is 13.6 Å². The molecule has 0 atom stereocenters. The molecule has 0 unspecified atom stereocenters. The van der Waals surface area contributed by atoms with Crippen LogP contribution >= 0.6 is 11.3 Å². The third-order valence-corrected chi connectivity index (χ3v) is 5.38. The van der Waals surface area contributed by atoms with Crippen LogP contribution < -0.4 is 10.2 Å². The molecule has 1 aromatic carbocycles. The van der Waals surface area contributed by atoms with Crippen LogP contribution in [0.4, 0.5) is 20.3 Å². The number of halogens is 2. The van der Waals surface area contributed by atoms with Crippen LogP contribution in [0.5, 0.6) is 0 Å². The van der Waals surface area contributed by atoms with Crippen molar-refractivity contribution in [3.05, 3.63) is 46.6 Å². The number of rotatable bonds is 5. The van der Waals surface area contributed by atoms with E-state index in [0.717, 1.165) is 36.4 Å². The van der Waals surface area contributed by atoms with Crippen LogP contribution in [-0.4, -0.2) is 29.0 Å². The molecule has 136 valence electrons. The van der Waals surface area contributed by atoms with Gasteiger partial charge < -0.3 is 10.2 Å². The standard InChI is InChI=1S/C18H18F2N4OS/c1-4-24(5-2)16-13-10(3)15(26-18(13)22-9-21-16)17(25)23-14-11(19)7-6-8-12(14)20/h6-9H,4-5H2,1-3H3,(H,23,25). The fourth-order valence-electron chi connectivity index (χ4n) is 2.82. The number of aryl methyl sites for hydroxylation is 1. The minimum Gasteiger partial charge on any atom is -0.357 e. The number of fused-ring (bicyclic) bond motifs is 1. The molecule has 0 fully saturated rings. The number of aromatic nitrogens is 2.